The maximum Gasteiger partial charge on any atom is 0.237 e. The predicted octanol–water partition coefficient (Wildman–Crippen LogP) is 0.223. The molecule has 2 rings (SSSR count). The normalized spacial score (nSPS) is 42.1. The summed E-state index contributed by atoms with van der Waals surface area (Å²) in [5, 5.41) is 0. The molecule has 5 heteroatoms. The van der Waals surface area contributed by atoms with Crippen molar-refractivity contribution < 1.29 is 9.53 Å². The number of carbonyl (C=O) groups excluding carboxylic acids is 1. The molecule has 104 valence electrons. The number of amides is 1. The summed E-state index contributed by atoms with van der Waals surface area (Å²) in [7, 11) is 1.77. The highest BCUT2D eigenvalue weighted by Gasteiger charge is 2.44. The Bertz CT molecular complexity index is 336. The van der Waals surface area contributed by atoms with Crippen LogP contribution in [0.2, 0.25) is 0 Å². The molecule has 1 heterocycles. The van der Waals surface area contributed by atoms with Crippen LogP contribution in [0.15, 0.2) is 0 Å². The number of nitrogens with two attached hydrogens (primary N) is 2. The van der Waals surface area contributed by atoms with E-state index in [1.807, 2.05) is 0 Å². The van der Waals surface area contributed by atoms with Gasteiger partial charge < -0.3 is 16.2 Å². The Balaban J connectivity index is 1.99. The predicted molar refractivity (Wildman–Crippen MR) is 70.0 cm³/mol. The van der Waals surface area contributed by atoms with Crippen molar-refractivity contribution in [3.8, 4) is 0 Å². The Morgan fingerprint density at radius 3 is 2.72 bits per heavy atom. The van der Waals surface area contributed by atoms with Gasteiger partial charge >= 0.3 is 0 Å². The van der Waals surface area contributed by atoms with Crippen LogP contribution in [-0.4, -0.2) is 48.2 Å². The Morgan fingerprint density at radius 2 is 2.17 bits per heavy atom. The van der Waals surface area contributed by atoms with Gasteiger partial charge in [0.25, 0.3) is 0 Å². The van der Waals surface area contributed by atoms with E-state index in [0.717, 1.165) is 32.4 Å². The number of hydrogen-bond donors (Lipinski definition) is 2. The van der Waals surface area contributed by atoms with E-state index in [4.69, 9.17) is 16.2 Å². The lowest BCUT2D eigenvalue weighted by Gasteiger charge is -2.42. The lowest BCUT2D eigenvalue weighted by atomic mass is 9.92. The van der Waals surface area contributed by atoms with Crippen LogP contribution in [0.4, 0.5) is 0 Å². The highest BCUT2D eigenvalue weighted by Crippen LogP contribution is 2.34. The van der Waals surface area contributed by atoms with Crippen LogP contribution in [0.5, 0.6) is 0 Å². The Morgan fingerprint density at radius 1 is 1.44 bits per heavy atom. The molecule has 18 heavy (non-hydrogen) atoms. The minimum Gasteiger partial charge on any atom is -0.377 e. The van der Waals surface area contributed by atoms with Crippen LogP contribution >= 0.6 is 0 Å². The first-order chi connectivity index (χ1) is 8.38. The van der Waals surface area contributed by atoms with Crippen molar-refractivity contribution >= 4 is 5.91 Å². The van der Waals surface area contributed by atoms with E-state index < -0.39 is 5.54 Å². The highest BCUT2D eigenvalue weighted by atomic mass is 16.5. The molecule has 1 amide bonds. The number of piperidine rings is 1. The fraction of sp³-hybridized carbons (Fsp3) is 0.923. The van der Waals surface area contributed by atoms with E-state index in [1.54, 1.807) is 7.11 Å². The van der Waals surface area contributed by atoms with Crippen molar-refractivity contribution in [1.82, 2.24) is 4.90 Å². The van der Waals surface area contributed by atoms with E-state index in [1.165, 1.54) is 0 Å². The molecule has 3 unspecified atom stereocenters. The Hall–Kier alpha value is -0.650. The van der Waals surface area contributed by atoms with E-state index in [2.05, 4.69) is 11.8 Å². The lowest BCUT2D eigenvalue weighted by Crippen LogP contribution is -2.54. The lowest BCUT2D eigenvalue weighted by molar-refractivity contribution is -0.123. The maximum absolute atomic E-state index is 11.4. The van der Waals surface area contributed by atoms with Gasteiger partial charge in [0.15, 0.2) is 0 Å². The number of ether oxygens (including phenoxy) is 1. The zero-order valence-corrected chi connectivity index (χ0v) is 11.4. The van der Waals surface area contributed by atoms with Gasteiger partial charge in [0, 0.05) is 19.7 Å². The first kappa shape index (κ1) is 13.8. The summed E-state index contributed by atoms with van der Waals surface area (Å²) in [5.41, 5.74) is 10.6. The van der Waals surface area contributed by atoms with Gasteiger partial charge in [-0.05, 0) is 45.6 Å². The number of hydrogen-bond acceptors (Lipinski definition) is 4. The molecule has 0 radical (unpaired) electrons. The molecule has 1 saturated heterocycles. The standard InChI is InChI=1S/C13H25N3O2/c1-12(18-2)5-3-7-16(9-12)10-4-6-13(15,8-10)11(14)17/h10H,3-9,15H2,1-2H3,(H2,14,17). The van der Waals surface area contributed by atoms with Gasteiger partial charge in [0.1, 0.15) is 0 Å². The maximum atomic E-state index is 11.4. The van der Waals surface area contributed by atoms with Crippen LogP contribution in [0, 0.1) is 0 Å². The fourth-order valence-corrected chi connectivity index (χ4v) is 3.31. The zero-order valence-electron chi connectivity index (χ0n) is 11.4. The summed E-state index contributed by atoms with van der Waals surface area (Å²) in [6, 6.07) is 0.372. The first-order valence-corrected chi connectivity index (χ1v) is 6.77. The Labute approximate surface area is 109 Å². The van der Waals surface area contributed by atoms with Gasteiger partial charge in [-0.15, -0.1) is 0 Å². The van der Waals surface area contributed by atoms with Crippen LogP contribution < -0.4 is 11.5 Å². The van der Waals surface area contributed by atoms with E-state index in [0.29, 0.717) is 18.9 Å². The molecule has 1 saturated carbocycles. The second-order valence-electron chi connectivity index (χ2n) is 6.15. The number of methoxy groups -OCH3 is 1. The van der Waals surface area contributed by atoms with Crippen molar-refractivity contribution in [2.75, 3.05) is 20.2 Å². The Kier molecular flexibility index (Phi) is 3.67. The molecule has 3 atom stereocenters. The fourth-order valence-electron chi connectivity index (χ4n) is 3.31. The minimum atomic E-state index is -0.800. The van der Waals surface area contributed by atoms with Crippen molar-refractivity contribution in [3.63, 3.8) is 0 Å². The second-order valence-corrected chi connectivity index (χ2v) is 6.15. The molecule has 0 spiro atoms. The molecule has 0 aromatic heterocycles. The third kappa shape index (κ3) is 2.53. The van der Waals surface area contributed by atoms with Gasteiger partial charge in [-0.25, -0.2) is 0 Å². The summed E-state index contributed by atoms with van der Waals surface area (Å²) in [4.78, 5) is 13.8. The minimum absolute atomic E-state index is 0.0647. The van der Waals surface area contributed by atoms with Crippen molar-refractivity contribution in [2.45, 2.75) is 56.2 Å². The second kappa shape index (κ2) is 4.79. The van der Waals surface area contributed by atoms with Gasteiger partial charge in [0.2, 0.25) is 5.91 Å². The number of primary amides is 1. The van der Waals surface area contributed by atoms with E-state index in [9.17, 15) is 4.79 Å². The largest absolute Gasteiger partial charge is 0.377 e. The van der Waals surface area contributed by atoms with Crippen molar-refractivity contribution in [3.05, 3.63) is 0 Å². The number of nitrogens with zero attached hydrogens (tertiary/aromatic N) is 1. The van der Waals surface area contributed by atoms with Gasteiger partial charge in [-0.2, -0.15) is 0 Å². The SMILES string of the molecule is COC1(C)CCCN(C2CCC(N)(C(N)=O)C2)C1. The molecule has 2 aliphatic rings. The van der Waals surface area contributed by atoms with Crippen LogP contribution in [0.25, 0.3) is 0 Å². The molecule has 0 bridgehead atoms. The van der Waals surface area contributed by atoms with Crippen molar-refractivity contribution in [2.24, 2.45) is 11.5 Å². The molecule has 1 aliphatic heterocycles. The summed E-state index contributed by atoms with van der Waals surface area (Å²) >= 11 is 0. The van der Waals surface area contributed by atoms with Crippen LogP contribution in [0.3, 0.4) is 0 Å². The molecule has 4 N–H and O–H groups in total. The summed E-state index contributed by atoms with van der Waals surface area (Å²) < 4.78 is 5.60. The molecular formula is C13H25N3O2. The topological polar surface area (TPSA) is 81.6 Å². The monoisotopic (exact) mass is 255 g/mol. The van der Waals surface area contributed by atoms with Gasteiger partial charge in [0.05, 0.1) is 11.1 Å². The van der Waals surface area contributed by atoms with E-state index in [-0.39, 0.29) is 11.5 Å². The highest BCUT2D eigenvalue weighted by molar-refractivity contribution is 5.84. The smallest absolute Gasteiger partial charge is 0.237 e. The van der Waals surface area contributed by atoms with Crippen LogP contribution in [-0.2, 0) is 9.53 Å². The molecule has 5 nitrogen and oxygen atoms in total. The molecule has 0 aromatic carbocycles. The summed E-state index contributed by atoms with van der Waals surface area (Å²) in [5.74, 6) is -0.364. The van der Waals surface area contributed by atoms with E-state index >= 15 is 0 Å². The number of likely N-dealkylation sites (tertiary alicyclic amines) is 1. The molecular weight excluding hydrogens is 230 g/mol. The first-order valence-electron chi connectivity index (χ1n) is 6.77. The zero-order chi connectivity index (χ0) is 13.4. The third-order valence-electron chi connectivity index (χ3n) is 4.71. The summed E-state index contributed by atoms with van der Waals surface area (Å²) in [6.45, 7) is 4.14. The third-order valence-corrected chi connectivity index (χ3v) is 4.71. The van der Waals surface area contributed by atoms with Crippen molar-refractivity contribution in [1.29, 1.82) is 0 Å². The average Bonchev–Trinajstić information content (AvgIpc) is 2.74. The summed E-state index contributed by atoms with van der Waals surface area (Å²) in [6.07, 6.45) is 4.57. The van der Waals surface area contributed by atoms with Gasteiger partial charge in [-0.3, -0.25) is 9.69 Å². The van der Waals surface area contributed by atoms with Gasteiger partial charge in [-0.1, -0.05) is 0 Å². The van der Waals surface area contributed by atoms with Crippen LogP contribution in [0.1, 0.15) is 39.0 Å². The number of rotatable bonds is 3. The average molecular weight is 255 g/mol. The number of carbonyl (C=O) groups is 1. The quantitative estimate of drug-likeness (QED) is 0.756. The molecule has 1 aliphatic carbocycles. The molecule has 2 fully saturated rings. The molecule has 0 aromatic rings.